The molecule has 0 saturated heterocycles. The quantitative estimate of drug-likeness (QED) is 0.689. The summed E-state index contributed by atoms with van der Waals surface area (Å²) < 4.78 is 64.9. The first-order valence-corrected chi connectivity index (χ1v) is 7.20. The minimum Gasteiger partial charge on any atom is -0.394 e. The van der Waals surface area contributed by atoms with Gasteiger partial charge in [0.2, 0.25) is 5.95 Å². The lowest BCUT2D eigenvalue weighted by Crippen LogP contribution is -2.22. The van der Waals surface area contributed by atoms with Gasteiger partial charge in [0.15, 0.2) is 17.3 Å². The van der Waals surface area contributed by atoms with Gasteiger partial charge in [0, 0.05) is 18.7 Å². The Morgan fingerprint density at radius 3 is 2.44 bits per heavy atom. The molecule has 25 heavy (non-hydrogen) atoms. The third kappa shape index (κ3) is 5.24. The molecular weight excluding hydrogens is 347 g/mol. The minimum atomic E-state index is -4.69. The number of hydrogen-bond acceptors (Lipinski definition) is 5. The molecule has 10 heteroatoms. The van der Waals surface area contributed by atoms with Crippen molar-refractivity contribution in [3.8, 4) is 0 Å². The summed E-state index contributed by atoms with van der Waals surface area (Å²) in [7, 11) is 0. The molecule has 0 saturated carbocycles. The molecule has 0 amide bonds. The molecule has 0 bridgehead atoms. The Hall–Kier alpha value is -2.49. The maximum Gasteiger partial charge on any atom is 0.433 e. The van der Waals surface area contributed by atoms with Crippen LogP contribution < -0.4 is 10.6 Å². The zero-order valence-corrected chi connectivity index (χ0v) is 13.0. The van der Waals surface area contributed by atoms with Crippen molar-refractivity contribution in [3.63, 3.8) is 0 Å². The van der Waals surface area contributed by atoms with E-state index in [4.69, 9.17) is 5.11 Å². The second-order valence-electron chi connectivity index (χ2n) is 5.29. The molecule has 0 aliphatic rings. The van der Waals surface area contributed by atoms with Crippen molar-refractivity contribution < 1.29 is 27.1 Å². The fourth-order valence-corrected chi connectivity index (χ4v) is 1.86. The van der Waals surface area contributed by atoms with Gasteiger partial charge in [-0.05, 0) is 24.6 Å². The van der Waals surface area contributed by atoms with Crippen LogP contribution in [0.5, 0.6) is 0 Å². The summed E-state index contributed by atoms with van der Waals surface area (Å²) in [5, 5.41) is 14.1. The van der Waals surface area contributed by atoms with Crippen molar-refractivity contribution in [1.82, 2.24) is 9.97 Å². The lowest BCUT2D eigenvalue weighted by Gasteiger charge is -2.15. The number of halogens is 5. The molecule has 0 aliphatic carbocycles. The smallest absolute Gasteiger partial charge is 0.394 e. The zero-order chi connectivity index (χ0) is 18.6. The van der Waals surface area contributed by atoms with Gasteiger partial charge in [-0.2, -0.15) is 18.2 Å². The standard InChI is InChI=1S/C15H15F5N4O/c1-8(7-25)22-14-23-12(15(18,19)20)5-13(24-14)21-6-9-2-3-10(16)11(17)4-9/h2-5,8,25H,6-7H2,1H3,(H2,21,22,23,24)/t8-/m1/s1. The van der Waals surface area contributed by atoms with Gasteiger partial charge >= 0.3 is 6.18 Å². The van der Waals surface area contributed by atoms with E-state index < -0.39 is 29.5 Å². The molecule has 5 nitrogen and oxygen atoms in total. The number of aliphatic hydroxyl groups is 1. The predicted molar refractivity (Wildman–Crippen MR) is 80.9 cm³/mol. The molecule has 0 unspecified atom stereocenters. The third-order valence-corrected chi connectivity index (χ3v) is 3.12. The van der Waals surface area contributed by atoms with Gasteiger partial charge in [0.1, 0.15) is 5.82 Å². The molecule has 0 radical (unpaired) electrons. The first kappa shape index (κ1) is 18.8. The summed E-state index contributed by atoms with van der Waals surface area (Å²) in [6.07, 6.45) is -4.69. The zero-order valence-electron chi connectivity index (χ0n) is 13.0. The predicted octanol–water partition coefficient (Wildman–Crippen LogP) is 3.18. The number of aromatic nitrogens is 2. The third-order valence-electron chi connectivity index (χ3n) is 3.12. The van der Waals surface area contributed by atoms with E-state index in [0.29, 0.717) is 11.6 Å². The maximum absolute atomic E-state index is 13.2. The van der Waals surface area contributed by atoms with Gasteiger partial charge in [-0.15, -0.1) is 0 Å². The molecule has 2 rings (SSSR count). The van der Waals surface area contributed by atoms with Gasteiger partial charge in [-0.1, -0.05) is 6.07 Å². The fourth-order valence-electron chi connectivity index (χ4n) is 1.86. The summed E-state index contributed by atoms with van der Waals surface area (Å²) in [4.78, 5) is 7.24. The lowest BCUT2D eigenvalue weighted by molar-refractivity contribution is -0.141. The Kier molecular flexibility index (Phi) is 5.73. The highest BCUT2D eigenvalue weighted by atomic mass is 19.4. The molecule has 136 valence electrons. The van der Waals surface area contributed by atoms with Crippen LogP contribution in [0.15, 0.2) is 24.3 Å². The van der Waals surface area contributed by atoms with Crippen LogP contribution in [-0.4, -0.2) is 27.7 Å². The van der Waals surface area contributed by atoms with Crippen LogP contribution >= 0.6 is 0 Å². The summed E-state index contributed by atoms with van der Waals surface area (Å²) in [6, 6.07) is 3.30. The molecule has 3 N–H and O–H groups in total. The van der Waals surface area contributed by atoms with E-state index in [9.17, 15) is 22.0 Å². The van der Waals surface area contributed by atoms with E-state index in [2.05, 4.69) is 20.6 Å². The van der Waals surface area contributed by atoms with Crippen LogP contribution in [0.25, 0.3) is 0 Å². The molecule has 2 aromatic rings. The Bertz CT molecular complexity index is 738. The Labute approximate surface area is 139 Å². The number of nitrogens with one attached hydrogen (secondary N) is 2. The Balaban J connectivity index is 2.22. The number of alkyl halides is 3. The lowest BCUT2D eigenvalue weighted by atomic mass is 10.2. The summed E-state index contributed by atoms with van der Waals surface area (Å²) in [5.74, 6) is -2.55. The average molecular weight is 362 g/mol. The minimum absolute atomic E-state index is 0.0689. The molecular formula is C15H15F5N4O. The number of aliphatic hydroxyl groups excluding tert-OH is 1. The largest absolute Gasteiger partial charge is 0.433 e. The number of anilines is 2. The van der Waals surface area contributed by atoms with Crippen LogP contribution in [0.2, 0.25) is 0 Å². The van der Waals surface area contributed by atoms with Crippen LogP contribution in [0, 0.1) is 11.6 Å². The van der Waals surface area contributed by atoms with E-state index in [1.165, 1.54) is 13.0 Å². The van der Waals surface area contributed by atoms with Crippen molar-refractivity contribution in [1.29, 1.82) is 0 Å². The summed E-state index contributed by atoms with van der Waals surface area (Å²) >= 11 is 0. The highest BCUT2D eigenvalue weighted by Gasteiger charge is 2.33. The van der Waals surface area contributed by atoms with Crippen molar-refractivity contribution in [2.75, 3.05) is 17.2 Å². The molecule has 0 aliphatic heterocycles. The number of nitrogens with zero attached hydrogens (tertiary/aromatic N) is 2. The van der Waals surface area contributed by atoms with Crippen molar-refractivity contribution >= 4 is 11.8 Å². The first-order valence-electron chi connectivity index (χ1n) is 7.20. The Morgan fingerprint density at radius 2 is 1.84 bits per heavy atom. The van der Waals surface area contributed by atoms with Crippen molar-refractivity contribution in [3.05, 3.63) is 47.2 Å². The molecule has 0 fully saturated rings. The highest BCUT2D eigenvalue weighted by Crippen LogP contribution is 2.30. The van der Waals surface area contributed by atoms with E-state index in [1.54, 1.807) is 0 Å². The first-order chi connectivity index (χ1) is 11.7. The van der Waals surface area contributed by atoms with E-state index in [0.717, 1.165) is 12.1 Å². The molecule has 1 aromatic heterocycles. The monoisotopic (exact) mass is 362 g/mol. The number of hydrogen-bond donors (Lipinski definition) is 3. The number of rotatable bonds is 6. The van der Waals surface area contributed by atoms with E-state index in [-0.39, 0.29) is 24.9 Å². The fraction of sp³-hybridized carbons (Fsp3) is 0.333. The van der Waals surface area contributed by atoms with Gasteiger partial charge in [-0.3, -0.25) is 0 Å². The molecule has 1 atom stereocenters. The van der Waals surface area contributed by atoms with Crippen molar-refractivity contribution in [2.24, 2.45) is 0 Å². The maximum atomic E-state index is 13.2. The second-order valence-corrected chi connectivity index (χ2v) is 5.29. The van der Waals surface area contributed by atoms with Gasteiger partial charge in [0.25, 0.3) is 0 Å². The Morgan fingerprint density at radius 1 is 1.12 bits per heavy atom. The normalized spacial score (nSPS) is 12.8. The number of benzene rings is 1. The highest BCUT2D eigenvalue weighted by molar-refractivity contribution is 5.44. The molecule has 1 heterocycles. The van der Waals surface area contributed by atoms with E-state index in [1.807, 2.05) is 0 Å². The SMILES string of the molecule is C[C@H](CO)Nc1nc(NCc2ccc(F)c(F)c2)cc(C(F)(F)F)n1. The van der Waals surface area contributed by atoms with Crippen LogP contribution in [0.4, 0.5) is 33.7 Å². The summed E-state index contributed by atoms with van der Waals surface area (Å²) in [5.41, 5.74) is -0.854. The second kappa shape index (κ2) is 7.60. The van der Waals surface area contributed by atoms with Crippen LogP contribution in [-0.2, 0) is 12.7 Å². The molecule has 0 spiro atoms. The van der Waals surface area contributed by atoms with Crippen LogP contribution in [0.1, 0.15) is 18.2 Å². The average Bonchev–Trinajstić information content (AvgIpc) is 2.55. The van der Waals surface area contributed by atoms with Gasteiger partial charge in [0.05, 0.1) is 6.61 Å². The van der Waals surface area contributed by atoms with Crippen LogP contribution in [0.3, 0.4) is 0 Å². The van der Waals surface area contributed by atoms with Gasteiger partial charge in [-0.25, -0.2) is 13.8 Å². The topological polar surface area (TPSA) is 70.1 Å². The van der Waals surface area contributed by atoms with E-state index >= 15 is 0 Å². The molecule has 1 aromatic carbocycles. The van der Waals surface area contributed by atoms with Crippen molar-refractivity contribution in [2.45, 2.75) is 25.7 Å². The van der Waals surface area contributed by atoms with Gasteiger partial charge < -0.3 is 15.7 Å². The summed E-state index contributed by atoms with van der Waals surface area (Å²) in [6.45, 7) is 1.15.